The second kappa shape index (κ2) is 11.8. The molecule has 3 rings (SSSR count). The first-order valence-electron chi connectivity index (χ1n) is 12.1. The number of anilines is 4. The molecule has 2 aromatic carbocycles. The van der Waals surface area contributed by atoms with Crippen molar-refractivity contribution in [2.75, 3.05) is 28.2 Å². The standard InChI is InChI=1S/C26H39N3O2S/c1-5-7-9-15-28(16-10-8-6-2)21-11-13-23-25(17-21)32-26-18-22(12-14-24(26)27-23)29(19(3)30)20(4)31/h11-14,17-20,27,30-31H,5-10,15-16H2,1-4H3. The fourth-order valence-electron chi connectivity index (χ4n) is 4.24. The lowest BCUT2D eigenvalue weighted by Crippen LogP contribution is -2.40. The molecule has 176 valence electrons. The summed E-state index contributed by atoms with van der Waals surface area (Å²) in [5, 5.41) is 23.8. The molecule has 0 aliphatic carbocycles. The van der Waals surface area contributed by atoms with Gasteiger partial charge in [-0.2, -0.15) is 0 Å². The molecule has 0 saturated carbocycles. The quantitative estimate of drug-likeness (QED) is 0.211. The van der Waals surface area contributed by atoms with Gasteiger partial charge in [0.25, 0.3) is 0 Å². The molecule has 5 nitrogen and oxygen atoms in total. The number of hydrogen-bond acceptors (Lipinski definition) is 6. The minimum atomic E-state index is -0.770. The monoisotopic (exact) mass is 457 g/mol. The summed E-state index contributed by atoms with van der Waals surface area (Å²) in [6.07, 6.45) is 5.93. The molecule has 2 atom stereocenters. The molecule has 0 spiro atoms. The summed E-state index contributed by atoms with van der Waals surface area (Å²) in [7, 11) is 0. The zero-order chi connectivity index (χ0) is 23.1. The third kappa shape index (κ3) is 6.12. The van der Waals surface area contributed by atoms with Crippen LogP contribution in [0, 0.1) is 0 Å². The second-order valence-electron chi connectivity index (χ2n) is 8.66. The highest BCUT2D eigenvalue weighted by atomic mass is 32.2. The Hall–Kier alpha value is -1.89. The van der Waals surface area contributed by atoms with Gasteiger partial charge in [0.05, 0.1) is 11.4 Å². The zero-order valence-corrected chi connectivity index (χ0v) is 20.8. The number of hydrogen-bond donors (Lipinski definition) is 3. The number of benzene rings is 2. The summed E-state index contributed by atoms with van der Waals surface area (Å²) in [5.41, 5.74) is 4.28. The van der Waals surface area contributed by atoms with E-state index in [4.69, 9.17) is 0 Å². The minimum Gasteiger partial charge on any atom is -0.374 e. The molecule has 32 heavy (non-hydrogen) atoms. The highest BCUT2D eigenvalue weighted by Gasteiger charge is 2.22. The van der Waals surface area contributed by atoms with Crippen LogP contribution in [0.4, 0.5) is 22.7 Å². The summed E-state index contributed by atoms with van der Waals surface area (Å²) in [4.78, 5) is 6.46. The van der Waals surface area contributed by atoms with E-state index in [2.05, 4.69) is 42.3 Å². The maximum absolute atomic E-state index is 10.1. The normalized spacial score (nSPS) is 14.2. The van der Waals surface area contributed by atoms with Crippen molar-refractivity contribution >= 4 is 34.5 Å². The van der Waals surface area contributed by atoms with Gasteiger partial charge in [0, 0.05) is 34.3 Å². The van der Waals surface area contributed by atoms with Crippen molar-refractivity contribution in [1.82, 2.24) is 0 Å². The van der Waals surface area contributed by atoms with E-state index in [1.165, 1.54) is 49.1 Å². The van der Waals surface area contributed by atoms with Crippen LogP contribution in [0.15, 0.2) is 46.2 Å². The van der Waals surface area contributed by atoms with Crippen molar-refractivity contribution in [1.29, 1.82) is 0 Å². The Bertz CT molecular complexity index is 854. The van der Waals surface area contributed by atoms with E-state index < -0.39 is 12.5 Å². The van der Waals surface area contributed by atoms with Gasteiger partial charge in [0.2, 0.25) is 0 Å². The molecule has 0 radical (unpaired) electrons. The second-order valence-corrected chi connectivity index (χ2v) is 9.74. The summed E-state index contributed by atoms with van der Waals surface area (Å²) in [5.74, 6) is 0. The topological polar surface area (TPSA) is 59.0 Å². The largest absolute Gasteiger partial charge is 0.374 e. The number of fused-ring (bicyclic) bond motifs is 2. The SMILES string of the molecule is CCCCCN(CCCCC)c1ccc2c(c1)Sc1cc(N(C(C)O)C(C)O)ccc1N2. The van der Waals surface area contributed by atoms with Gasteiger partial charge in [-0.1, -0.05) is 51.3 Å². The van der Waals surface area contributed by atoms with Gasteiger partial charge in [0.1, 0.15) is 12.5 Å². The molecule has 2 unspecified atom stereocenters. The number of aliphatic hydroxyl groups excluding tert-OH is 2. The van der Waals surface area contributed by atoms with E-state index in [-0.39, 0.29) is 0 Å². The van der Waals surface area contributed by atoms with E-state index in [1.807, 2.05) is 18.2 Å². The lowest BCUT2D eigenvalue weighted by Gasteiger charge is -2.32. The predicted molar refractivity (Wildman–Crippen MR) is 137 cm³/mol. The van der Waals surface area contributed by atoms with Gasteiger partial charge in [-0.3, -0.25) is 0 Å². The molecule has 2 aromatic rings. The van der Waals surface area contributed by atoms with E-state index in [0.29, 0.717) is 0 Å². The number of nitrogens with one attached hydrogen (secondary N) is 1. The maximum Gasteiger partial charge on any atom is 0.126 e. The molecule has 0 saturated heterocycles. The van der Waals surface area contributed by atoms with Crippen LogP contribution in [0.25, 0.3) is 0 Å². The van der Waals surface area contributed by atoms with Crippen LogP contribution in [0.2, 0.25) is 0 Å². The first kappa shape index (κ1) is 24.7. The summed E-state index contributed by atoms with van der Waals surface area (Å²) >= 11 is 1.75. The molecule has 0 aromatic heterocycles. The molecule has 6 heteroatoms. The van der Waals surface area contributed by atoms with Crippen LogP contribution in [0.5, 0.6) is 0 Å². The highest BCUT2D eigenvalue weighted by Crippen LogP contribution is 2.46. The maximum atomic E-state index is 10.1. The van der Waals surface area contributed by atoms with Crippen molar-refractivity contribution in [2.45, 2.75) is 88.5 Å². The summed E-state index contributed by atoms with van der Waals surface area (Å²) in [6, 6.07) is 12.7. The molecule has 0 amide bonds. The van der Waals surface area contributed by atoms with Crippen molar-refractivity contribution < 1.29 is 10.2 Å². The van der Waals surface area contributed by atoms with Crippen LogP contribution in [-0.4, -0.2) is 35.8 Å². The van der Waals surface area contributed by atoms with Crippen LogP contribution in [0.3, 0.4) is 0 Å². The van der Waals surface area contributed by atoms with Gasteiger partial charge in [-0.05, 0) is 63.1 Å². The third-order valence-electron chi connectivity index (χ3n) is 5.95. The zero-order valence-electron chi connectivity index (χ0n) is 20.0. The Balaban J connectivity index is 1.82. The van der Waals surface area contributed by atoms with E-state index in [9.17, 15) is 10.2 Å². The van der Waals surface area contributed by atoms with E-state index in [1.54, 1.807) is 30.5 Å². The Morgan fingerprint density at radius 3 is 1.78 bits per heavy atom. The Labute approximate surface area is 197 Å². The van der Waals surface area contributed by atoms with Gasteiger partial charge in [-0.15, -0.1) is 0 Å². The molecule has 1 aliphatic rings. The molecule has 1 aliphatic heterocycles. The van der Waals surface area contributed by atoms with Crippen molar-refractivity contribution in [3.05, 3.63) is 36.4 Å². The number of rotatable bonds is 12. The van der Waals surface area contributed by atoms with Crippen LogP contribution >= 0.6 is 11.8 Å². The van der Waals surface area contributed by atoms with Crippen molar-refractivity contribution in [2.24, 2.45) is 0 Å². The van der Waals surface area contributed by atoms with Crippen LogP contribution in [-0.2, 0) is 0 Å². The fourth-order valence-corrected chi connectivity index (χ4v) is 5.29. The summed E-state index contributed by atoms with van der Waals surface area (Å²) < 4.78 is 0. The minimum absolute atomic E-state index is 0.770. The Morgan fingerprint density at radius 1 is 0.781 bits per heavy atom. The molecule has 0 bridgehead atoms. The van der Waals surface area contributed by atoms with Gasteiger partial charge in [0.15, 0.2) is 0 Å². The average Bonchev–Trinajstić information content (AvgIpc) is 2.76. The highest BCUT2D eigenvalue weighted by molar-refractivity contribution is 7.99. The third-order valence-corrected chi connectivity index (χ3v) is 7.07. The summed E-state index contributed by atoms with van der Waals surface area (Å²) in [6.45, 7) is 10.1. The van der Waals surface area contributed by atoms with E-state index >= 15 is 0 Å². The first-order chi connectivity index (χ1) is 15.4. The lowest BCUT2D eigenvalue weighted by atomic mass is 10.1. The average molecular weight is 458 g/mol. The Morgan fingerprint density at radius 2 is 1.28 bits per heavy atom. The number of nitrogens with zero attached hydrogens (tertiary/aromatic N) is 2. The van der Waals surface area contributed by atoms with Crippen molar-refractivity contribution in [3.8, 4) is 0 Å². The van der Waals surface area contributed by atoms with Gasteiger partial charge < -0.3 is 25.3 Å². The van der Waals surface area contributed by atoms with Crippen molar-refractivity contribution in [3.63, 3.8) is 0 Å². The van der Waals surface area contributed by atoms with Gasteiger partial charge in [-0.25, -0.2) is 0 Å². The number of aliphatic hydroxyl groups is 2. The van der Waals surface area contributed by atoms with Crippen LogP contribution in [0.1, 0.15) is 66.2 Å². The molecule has 0 fully saturated rings. The van der Waals surface area contributed by atoms with Gasteiger partial charge >= 0.3 is 0 Å². The van der Waals surface area contributed by atoms with Crippen LogP contribution < -0.4 is 15.1 Å². The predicted octanol–water partition coefficient (Wildman–Crippen LogP) is 6.56. The molecule has 3 N–H and O–H groups in total. The molecular formula is C26H39N3O2S. The fraction of sp³-hybridized carbons (Fsp3) is 0.538. The Kier molecular flexibility index (Phi) is 9.14. The van der Waals surface area contributed by atoms with E-state index in [0.717, 1.165) is 35.0 Å². The smallest absolute Gasteiger partial charge is 0.126 e. The molecular weight excluding hydrogens is 418 g/mol. The lowest BCUT2D eigenvalue weighted by molar-refractivity contribution is 0.105. The number of unbranched alkanes of at least 4 members (excludes halogenated alkanes) is 4. The molecule has 1 heterocycles. The first-order valence-corrected chi connectivity index (χ1v) is 12.9.